The molecule has 3 aliphatic rings. The van der Waals surface area contributed by atoms with Gasteiger partial charge in [0.1, 0.15) is 12.1 Å². The summed E-state index contributed by atoms with van der Waals surface area (Å²) in [5.74, 6) is -1.52. The molecule has 7 heteroatoms. The molecule has 2 N–H and O–H groups in total. The number of benzene rings is 2. The van der Waals surface area contributed by atoms with E-state index in [1.807, 2.05) is 31.2 Å². The normalized spacial score (nSPS) is 23.0. The van der Waals surface area contributed by atoms with Crippen LogP contribution in [-0.2, 0) is 14.3 Å². The van der Waals surface area contributed by atoms with E-state index in [9.17, 15) is 19.5 Å². The number of hydrogen-bond donors (Lipinski definition) is 2. The number of ether oxygens (including phenoxy) is 1. The van der Waals surface area contributed by atoms with E-state index >= 15 is 0 Å². The zero-order valence-corrected chi connectivity index (χ0v) is 20.0. The van der Waals surface area contributed by atoms with Gasteiger partial charge in [0, 0.05) is 19.0 Å². The van der Waals surface area contributed by atoms with E-state index in [0.29, 0.717) is 19.4 Å². The Balaban J connectivity index is 1.21. The number of amides is 2. The summed E-state index contributed by atoms with van der Waals surface area (Å²) in [6.45, 7) is 2.80. The Kier molecular flexibility index (Phi) is 6.26. The average molecular weight is 477 g/mol. The molecule has 0 spiro atoms. The van der Waals surface area contributed by atoms with Gasteiger partial charge in [-0.3, -0.25) is 4.79 Å². The molecular formula is C28H32N2O5. The van der Waals surface area contributed by atoms with Gasteiger partial charge in [0.2, 0.25) is 5.91 Å². The van der Waals surface area contributed by atoms with Gasteiger partial charge < -0.3 is 20.1 Å². The van der Waals surface area contributed by atoms with Gasteiger partial charge in [-0.1, -0.05) is 61.9 Å². The number of nitrogens with one attached hydrogen (secondary N) is 1. The molecule has 1 heterocycles. The monoisotopic (exact) mass is 476 g/mol. The molecule has 3 atom stereocenters. The Bertz CT molecular complexity index is 1100. The molecule has 2 aromatic carbocycles. The van der Waals surface area contributed by atoms with Crippen molar-refractivity contribution >= 4 is 18.0 Å². The second kappa shape index (κ2) is 9.36. The quantitative estimate of drug-likeness (QED) is 0.589. The summed E-state index contributed by atoms with van der Waals surface area (Å²) in [5, 5.41) is 12.6. The fourth-order valence-corrected chi connectivity index (χ4v) is 6.11. The highest BCUT2D eigenvalue weighted by Gasteiger charge is 2.67. The van der Waals surface area contributed by atoms with Gasteiger partial charge in [0.25, 0.3) is 0 Å². The largest absolute Gasteiger partial charge is 0.479 e. The first-order valence-electron chi connectivity index (χ1n) is 12.6. The van der Waals surface area contributed by atoms with Crippen LogP contribution in [0.15, 0.2) is 48.5 Å². The van der Waals surface area contributed by atoms with Crippen LogP contribution in [0.2, 0.25) is 0 Å². The molecule has 184 valence electrons. The highest BCUT2D eigenvalue weighted by atomic mass is 16.5. The van der Waals surface area contributed by atoms with Crippen molar-refractivity contribution in [3.63, 3.8) is 0 Å². The van der Waals surface area contributed by atoms with Gasteiger partial charge in [0.15, 0.2) is 0 Å². The summed E-state index contributed by atoms with van der Waals surface area (Å²) in [5.41, 5.74) is 3.58. The fourth-order valence-electron chi connectivity index (χ4n) is 6.11. The van der Waals surface area contributed by atoms with E-state index in [0.717, 1.165) is 41.5 Å². The number of rotatable bonds is 8. The molecule has 2 aliphatic carbocycles. The first kappa shape index (κ1) is 23.4. The van der Waals surface area contributed by atoms with Gasteiger partial charge in [-0.2, -0.15) is 0 Å². The van der Waals surface area contributed by atoms with Crippen LogP contribution in [0, 0.1) is 11.8 Å². The van der Waals surface area contributed by atoms with Crippen molar-refractivity contribution in [2.24, 2.45) is 11.8 Å². The molecule has 7 nitrogen and oxygen atoms in total. The molecule has 1 aliphatic heterocycles. The number of aliphatic carboxylic acids is 1. The van der Waals surface area contributed by atoms with Gasteiger partial charge in [-0.05, 0) is 53.9 Å². The smallest absolute Gasteiger partial charge is 0.407 e. The zero-order chi connectivity index (χ0) is 24.6. The third-order valence-electron chi connectivity index (χ3n) is 7.95. The van der Waals surface area contributed by atoms with E-state index in [2.05, 4.69) is 29.6 Å². The van der Waals surface area contributed by atoms with Crippen LogP contribution in [0.25, 0.3) is 11.1 Å². The first-order chi connectivity index (χ1) is 17.0. The van der Waals surface area contributed by atoms with Crippen molar-refractivity contribution < 1.29 is 24.2 Å². The molecule has 2 aromatic rings. The number of fused-ring (bicyclic) bond motifs is 4. The van der Waals surface area contributed by atoms with Crippen LogP contribution in [-0.4, -0.2) is 53.2 Å². The molecule has 35 heavy (non-hydrogen) atoms. The molecule has 0 aromatic heterocycles. The van der Waals surface area contributed by atoms with Crippen molar-refractivity contribution in [1.29, 1.82) is 0 Å². The minimum atomic E-state index is -1.04. The van der Waals surface area contributed by atoms with Gasteiger partial charge in [-0.25, -0.2) is 9.59 Å². The molecule has 5 rings (SSSR count). The van der Waals surface area contributed by atoms with Crippen molar-refractivity contribution in [2.45, 2.75) is 50.5 Å². The van der Waals surface area contributed by atoms with Crippen molar-refractivity contribution in [3.8, 4) is 11.1 Å². The topological polar surface area (TPSA) is 95.9 Å². The molecule has 3 unspecified atom stereocenters. The molecule has 0 bridgehead atoms. The van der Waals surface area contributed by atoms with Crippen molar-refractivity contribution in [3.05, 3.63) is 59.7 Å². The Hall–Kier alpha value is -3.35. The van der Waals surface area contributed by atoms with Crippen LogP contribution < -0.4 is 5.32 Å². The highest BCUT2D eigenvalue weighted by molar-refractivity contribution is 5.91. The van der Waals surface area contributed by atoms with E-state index in [1.165, 1.54) is 0 Å². The maximum atomic E-state index is 13.4. The summed E-state index contributed by atoms with van der Waals surface area (Å²) in [4.78, 5) is 39.5. The van der Waals surface area contributed by atoms with E-state index in [4.69, 9.17) is 4.74 Å². The molecule has 0 radical (unpaired) electrons. The van der Waals surface area contributed by atoms with Gasteiger partial charge in [-0.15, -0.1) is 0 Å². The maximum absolute atomic E-state index is 13.4. The standard InChI is InChI=1S/C28H32N2O5/c1-2-8-18(25(31)30-14-7-9-19-15-28(19,30)26(32)33)16-29-27(34)35-17-24-22-12-5-3-10-20(22)21-11-4-6-13-23(21)24/h3-6,10-13,18-19,24H,2,7-9,14-17H2,1H3,(H,29,34)(H,32,33). The summed E-state index contributed by atoms with van der Waals surface area (Å²) in [6, 6.07) is 16.3. The van der Waals surface area contributed by atoms with Crippen LogP contribution >= 0.6 is 0 Å². The number of hydrogen-bond acceptors (Lipinski definition) is 4. The van der Waals surface area contributed by atoms with E-state index < -0.39 is 23.5 Å². The van der Waals surface area contributed by atoms with Crippen LogP contribution in [0.3, 0.4) is 0 Å². The Labute approximate surface area is 205 Å². The Morgan fingerprint density at radius 3 is 2.40 bits per heavy atom. The Morgan fingerprint density at radius 1 is 1.11 bits per heavy atom. The summed E-state index contributed by atoms with van der Waals surface area (Å²) < 4.78 is 5.61. The minimum Gasteiger partial charge on any atom is -0.479 e. The third kappa shape index (κ3) is 4.07. The second-order valence-corrected chi connectivity index (χ2v) is 9.95. The lowest BCUT2D eigenvalue weighted by molar-refractivity contribution is -0.156. The Morgan fingerprint density at radius 2 is 1.77 bits per heavy atom. The lowest BCUT2D eigenvalue weighted by Gasteiger charge is -2.36. The predicted molar refractivity (Wildman–Crippen MR) is 131 cm³/mol. The number of carboxylic acid groups (broad SMARTS) is 1. The van der Waals surface area contributed by atoms with Crippen molar-refractivity contribution in [2.75, 3.05) is 19.7 Å². The van der Waals surface area contributed by atoms with Crippen LogP contribution in [0.1, 0.15) is 56.1 Å². The number of carboxylic acids is 1. The second-order valence-electron chi connectivity index (χ2n) is 9.95. The number of carbonyl (C=O) groups is 3. The van der Waals surface area contributed by atoms with Gasteiger partial charge >= 0.3 is 12.1 Å². The SMILES string of the molecule is CCCC(CNC(=O)OCC1c2ccccc2-c2ccccc21)C(=O)N1CCCC2CC21C(=O)O. The molecule has 1 saturated carbocycles. The fraction of sp³-hybridized carbons (Fsp3) is 0.464. The number of alkyl carbamates (subject to hydrolysis) is 1. The van der Waals surface area contributed by atoms with Crippen LogP contribution in [0.5, 0.6) is 0 Å². The molecule has 1 saturated heterocycles. The summed E-state index contributed by atoms with van der Waals surface area (Å²) in [7, 11) is 0. The van der Waals surface area contributed by atoms with E-state index in [1.54, 1.807) is 4.90 Å². The van der Waals surface area contributed by atoms with Crippen molar-refractivity contribution in [1.82, 2.24) is 10.2 Å². The summed E-state index contributed by atoms with van der Waals surface area (Å²) in [6.07, 6.45) is 3.00. The number of piperidine rings is 1. The number of nitrogens with zero attached hydrogens (tertiary/aromatic N) is 1. The highest BCUT2D eigenvalue weighted by Crippen LogP contribution is 2.54. The molecule has 2 amide bonds. The average Bonchev–Trinajstić information content (AvgIpc) is 3.56. The lowest BCUT2D eigenvalue weighted by atomic mass is 9.96. The zero-order valence-electron chi connectivity index (χ0n) is 20.0. The predicted octanol–water partition coefficient (Wildman–Crippen LogP) is 4.41. The number of carbonyl (C=O) groups excluding carboxylic acids is 2. The molecule has 2 fully saturated rings. The molecular weight excluding hydrogens is 444 g/mol. The number of likely N-dealkylation sites (tertiary alicyclic amines) is 1. The minimum absolute atomic E-state index is 0.0307. The third-order valence-corrected chi connectivity index (χ3v) is 7.95. The van der Waals surface area contributed by atoms with Gasteiger partial charge in [0.05, 0.1) is 5.92 Å². The maximum Gasteiger partial charge on any atom is 0.407 e. The van der Waals surface area contributed by atoms with E-state index in [-0.39, 0.29) is 30.9 Å². The van der Waals surface area contributed by atoms with Crippen LogP contribution in [0.4, 0.5) is 4.79 Å². The first-order valence-corrected chi connectivity index (χ1v) is 12.6. The lowest BCUT2D eigenvalue weighted by Crippen LogP contribution is -2.54. The summed E-state index contributed by atoms with van der Waals surface area (Å²) >= 11 is 0.